The number of allylic oxidation sites excluding steroid dienone is 1. The maximum atomic E-state index is 12.9. The van der Waals surface area contributed by atoms with Crippen LogP contribution >= 0.6 is 0 Å². The van der Waals surface area contributed by atoms with Gasteiger partial charge in [0.25, 0.3) is 0 Å². The third-order valence-electron chi connectivity index (χ3n) is 11.7. The normalized spacial score (nSPS) is 48.6. The van der Waals surface area contributed by atoms with Crippen molar-refractivity contribution in [2.75, 3.05) is 0 Å². The van der Waals surface area contributed by atoms with E-state index in [0.29, 0.717) is 30.5 Å². The summed E-state index contributed by atoms with van der Waals surface area (Å²) < 4.78 is 0. The van der Waals surface area contributed by atoms with Gasteiger partial charge in [0, 0.05) is 17.8 Å². The Morgan fingerprint density at radius 3 is 2.39 bits per heavy atom. The number of carbonyl (C=O) groups excluding carboxylic acids is 2. The number of hydrogen-bond acceptors (Lipinski definition) is 4. The molecule has 0 aromatic heterocycles. The number of hydrogen-bond donors (Lipinski definition) is 2. The van der Waals surface area contributed by atoms with Gasteiger partial charge in [-0.2, -0.15) is 0 Å². The van der Waals surface area contributed by atoms with E-state index in [1.165, 1.54) is 0 Å². The quantitative estimate of drug-likeness (QED) is 0.546. The zero-order valence-electron chi connectivity index (χ0n) is 21.9. The summed E-state index contributed by atoms with van der Waals surface area (Å²) in [7, 11) is 0. The van der Waals surface area contributed by atoms with Crippen LogP contribution in [-0.2, 0) is 9.59 Å². The lowest BCUT2D eigenvalue weighted by Gasteiger charge is -2.70. The van der Waals surface area contributed by atoms with Gasteiger partial charge in [-0.05, 0) is 98.9 Å². The van der Waals surface area contributed by atoms with Gasteiger partial charge in [-0.15, -0.1) is 0 Å². The van der Waals surface area contributed by atoms with Crippen LogP contribution in [0, 0.1) is 45.3 Å². The number of rotatable bonds is 4. The van der Waals surface area contributed by atoms with E-state index in [-0.39, 0.29) is 33.9 Å². The van der Waals surface area contributed by atoms with Crippen LogP contribution in [0.1, 0.15) is 99.8 Å². The fraction of sp³-hybridized carbons (Fsp3) is 0.862. The molecule has 4 heteroatoms. The second-order valence-corrected chi connectivity index (χ2v) is 13.7. The first-order valence-electron chi connectivity index (χ1n) is 13.2. The summed E-state index contributed by atoms with van der Waals surface area (Å²) >= 11 is 0. The Balaban J connectivity index is 1.67. The number of fused-ring (bicyclic) bond motifs is 5. The van der Waals surface area contributed by atoms with Gasteiger partial charge < -0.3 is 10.2 Å². The minimum Gasteiger partial charge on any atom is -0.393 e. The van der Waals surface area contributed by atoms with E-state index in [1.54, 1.807) is 13.0 Å². The molecule has 0 aliphatic heterocycles. The summed E-state index contributed by atoms with van der Waals surface area (Å²) in [6, 6.07) is 0. The number of ketones is 2. The molecular weight excluding hydrogens is 412 g/mol. The SMILES string of the molecule is CC(=O)/C=C/C[C@](C)(O)[C@H]1CC[C@]2(C)[C@@H]1CC[C@@H]1[C@@]3(C)CCC(=O)C(C)(C)[C@@H]3[C@@H](O)C[C@]12C. The Hall–Kier alpha value is -1.00. The van der Waals surface area contributed by atoms with E-state index in [9.17, 15) is 19.8 Å². The first kappa shape index (κ1) is 25.1. The van der Waals surface area contributed by atoms with Gasteiger partial charge in [-0.3, -0.25) is 9.59 Å². The molecule has 4 nitrogen and oxygen atoms in total. The second-order valence-electron chi connectivity index (χ2n) is 13.7. The van der Waals surface area contributed by atoms with Gasteiger partial charge in [-0.1, -0.05) is 40.7 Å². The van der Waals surface area contributed by atoms with Gasteiger partial charge in [0.2, 0.25) is 0 Å². The van der Waals surface area contributed by atoms with Crippen LogP contribution in [0.25, 0.3) is 0 Å². The van der Waals surface area contributed by atoms with Crippen molar-refractivity contribution in [3.05, 3.63) is 12.2 Å². The van der Waals surface area contributed by atoms with Gasteiger partial charge in [-0.25, -0.2) is 0 Å². The van der Waals surface area contributed by atoms with Crippen LogP contribution in [-0.4, -0.2) is 33.5 Å². The summed E-state index contributed by atoms with van der Waals surface area (Å²) in [5, 5.41) is 23.1. The Morgan fingerprint density at radius 1 is 1.09 bits per heavy atom. The highest BCUT2D eigenvalue weighted by molar-refractivity contribution is 5.87. The highest BCUT2D eigenvalue weighted by atomic mass is 16.3. The Labute approximate surface area is 200 Å². The Bertz CT molecular complexity index is 856. The summed E-state index contributed by atoms with van der Waals surface area (Å²) in [5.41, 5.74) is -1.32. The van der Waals surface area contributed by atoms with Crippen molar-refractivity contribution >= 4 is 11.6 Å². The van der Waals surface area contributed by atoms with Crippen molar-refractivity contribution in [2.24, 2.45) is 45.3 Å². The van der Waals surface area contributed by atoms with Gasteiger partial charge in [0.15, 0.2) is 5.78 Å². The molecule has 0 aromatic carbocycles. The van der Waals surface area contributed by atoms with Crippen LogP contribution in [0.15, 0.2) is 12.2 Å². The van der Waals surface area contributed by atoms with Gasteiger partial charge in [0.1, 0.15) is 5.78 Å². The minimum absolute atomic E-state index is 0.0153. The predicted octanol–water partition coefficient (Wildman–Crippen LogP) is 5.50. The molecule has 0 spiro atoms. The summed E-state index contributed by atoms with van der Waals surface area (Å²) in [4.78, 5) is 24.2. The lowest BCUT2D eigenvalue weighted by molar-refractivity contribution is -0.238. The molecule has 0 heterocycles. The molecule has 0 bridgehead atoms. The molecule has 4 fully saturated rings. The third kappa shape index (κ3) is 3.44. The van der Waals surface area contributed by atoms with Crippen molar-refractivity contribution < 1.29 is 19.8 Å². The molecule has 2 N–H and O–H groups in total. The van der Waals surface area contributed by atoms with Crippen molar-refractivity contribution in [2.45, 2.75) is 112 Å². The Morgan fingerprint density at radius 2 is 1.76 bits per heavy atom. The van der Waals surface area contributed by atoms with Crippen molar-refractivity contribution in [1.82, 2.24) is 0 Å². The number of aliphatic hydroxyl groups is 2. The van der Waals surface area contributed by atoms with Crippen molar-refractivity contribution in [1.29, 1.82) is 0 Å². The molecule has 4 rings (SSSR count). The second kappa shape index (κ2) is 7.75. The summed E-state index contributed by atoms with van der Waals surface area (Å²) in [5.74, 6) is 1.43. The van der Waals surface area contributed by atoms with Gasteiger partial charge >= 0.3 is 0 Å². The first-order valence-corrected chi connectivity index (χ1v) is 13.2. The monoisotopic (exact) mass is 458 g/mol. The lowest BCUT2D eigenvalue weighted by Crippen LogP contribution is -2.67. The Kier molecular flexibility index (Phi) is 5.90. The van der Waals surface area contributed by atoms with Crippen LogP contribution < -0.4 is 0 Å². The van der Waals surface area contributed by atoms with Crippen molar-refractivity contribution in [3.8, 4) is 0 Å². The summed E-state index contributed by atoms with van der Waals surface area (Å²) in [6.07, 6.45) is 9.97. The average Bonchev–Trinajstić information content (AvgIpc) is 3.03. The molecule has 0 aromatic rings. The van der Waals surface area contributed by atoms with E-state index in [4.69, 9.17) is 0 Å². The fourth-order valence-corrected chi connectivity index (χ4v) is 10.1. The highest BCUT2D eigenvalue weighted by Gasteiger charge is 2.71. The van der Waals surface area contributed by atoms with Crippen LogP contribution in [0.3, 0.4) is 0 Å². The number of aliphatic hydroxyl groups excluding tert-OH is 1. The lowest BCUT2D eigenvalue weighted by atomic mass is 9.35. The zero-order chi connectivity index (χ0) is 24.6. The molecule has 4 aliphatic rings. The average molecular weight is 459 g/mol. The predicted molar refractivity (Wildman–Crippen MR) is 130 cm³/mol. The van der Waals surface area contributed by atoms with E-state index in [2.05, 4.69) is 34.6 Å². The van der Waals surface area contributed by atoms with E-state index in [0.717, 1.165) is 38.5 Å². The molecule has 4 aliphatic carbocycles. The molecule has 0 unspecified atom stereocenters. The summed E-state index contributed by atoms with van der Waals surface area (Å²) in [6.45, 7) is 14.8. The topological polar surface area (TPSA) is 74.6 Å². The maximum absolute atomic E-state index is 12.9. The molecule has 4 saturated carbocycles. The van der Waals surface area contributed by atoms with Crippen LogP contribution in [0.4, 0.5) is 0 Å². The first-order chi connectivity index (χ1) is 15.1. The van der Waals surface area contributed by atoms with Crippen molar-refractivity contribution in [3.63, 3.8) is 0 Å². The molecule has 0 amide bonds. The zero-order valence-corrected chi connectivity index (χ0v) is 21.9. The molecule has 0 saturated heterocycles. The van der Waals surface area contributed by atoms with Crippen LogP contribution in [0.2, 0.25) is 0 Å². The molecule has 9 atom stereocenters. The molecule has 33 heavy (non-hydrogen) atoms. The molecule has 186 valence electrons. The van der Waals surface area contributed by atoms with E-state index < -0.39 is 17.1 Å². The smallest absolute Gasteiger partial charge is 0.152 e. The van der Waals surface area contributed by atoms with E-state index >= 15 is 0 Å². The largest absolute Gasteiger partial charge is 0.393 e. The highest BCUT2D eigenvalue weighted by Crippen LogP contribution is 2.75. The maximum Gasteiger partial charge on any atom is 0.152 e. The fourth-order valence-electron chi connectivity index (χ4n) is 10.1. The standard InChI is InChI=1S/C29H46O4/c1-18(30)9-8-14-29(7,33)20-12-16-27(5)19(20)10-11-22-26(4)15-13-23(32)25(2,3)24(26)21(31)17-28(22,27)6/h8-9,19-22,24,31,33H,10-17H2,1-7H3/b9-8+/t19-,20+,21+,22-,24+,26-,27-,28-,29+/m1/s1. The minimum atomic E-state index is -0.837. The van der Waals surface area contributed by atoms with E-state index in [1.807, 2.05) is 13.0 Å². The molecular formula is C29H46O4. The third-order valence-corrected chi connectivity index (χ3v) is 11.7. The number of Topliss-reactive ketones (excluding diaryl/α,β-unsaturated/α-hetero) is 1. The molecule has 0 radical (unpaired) electrons. The van der Waals surface area contributed by atoms with Crippen LogP contribution in [0.5, 0.6) is 0 Å². The van der Waals surface area contributed by atoms with Gasteiger partial charge in [0.05, 0.1) is 11.7 Å². The number of carbonyl (C=O) groups is 2.